The van der Waals surface area contributed by atoms with Gasteiger partial charge in [0.15, 0.2) is 11.6 Å². The van der Waals surface area contributed by atoms with E-state index in [1.165, 1.54) is 6.33 Å². The van der Waals surface area contributed by atoms with Gasteiger partial charge in [-0.3, -0.25) is 0 Å². The van der Waals surface area contributed by atoms with Crippen LogP contribution in [-0.2, 0) is 31.2 Å². The molecule has 1 aromatic carbocycles. The molecular weight excluding hydrogens is 398 g/mol. The molecule has 2 aromatic heterocycles. The van der Waals surface area contributed by atoms with Gasteiger partial charge in [0, 0.05) is 0 Å². The molecule has 0 radical (unpaired) electrons. The van der Waals surface area contributed by atoms with Crippen molar-refractivity contribution < 1.29 is 18.9 Å². The van der Waals surface area contributed by atoms with Crippen molar-refractivity contribution in [2.75, 3.05) is 12.3 Å². The molecule has 0 aliphatic carbocycles. The monoisotopic (exact) mass is 421 g/mol. The highest BCUT2D eigenvalue weighted by Gasteiger charge is 2.65. The summed E-state index contributed by atoms with van der Waals surface area (Å²) in [4.78, 5) is 4.02. The molecule has 31 heavy (non-hydrogen) atoms. The standard InChI is InChI=1S/C22H23N5O4/c1-21(2)30-18-16(11-28-10-14-6-4-3-5-7-14)29-22(12-23,19(18)31-21)17-9-8-15-20(24)25-13-26-27(15)17/h3-9,13,16,18-19H,10-11H2,1-2H3,(H2,24,25,26)/t16-,18-,19-,22+/m1/s1. The first-order valence-electron chi connectivity index (χ1n) is 10.1. The Morgan fingerprint density at radius 3 is 2.74 bits per heavy atom. The average Bonchev–Trinajstić information content (AvgIpc) is 3.41. The Kier molecular flexibility index (Phi) is 4.68. The zero-order valence-corrected chi connectivity index (χ0v) is 17.3. The molecule has 4 heterocycles. The fraction of sp³-hybridized carbons (Fsp3) is 0.409. The average molecular weight is 421 g/mol. The molecule has 4 atom stereocenters. The Balaban J connectivity index is 1.47. The topological polar surface area (TPSA) is 117 Å². The molecule has 0 spiro atoms. The molecule has 2 fully saturated rings. The maximum atomic E-state index is 10.3. The van der Waals surface area contributed by atoms with Gasteiger partial charge in [0.2, 0.25) is 5.60 Å². The van der Waals surface area contributed by atoms with E-state index < -0.39 is 29.7 Å². The fourth-order valence-electron chi connectivity index (χ4n) is 4.33. The number of nitrogen functional groups attached to an aromatic ring is 1. The summed E-state index contributed by atoms with van der Waals surface area (Å²) in [6.07, 6.45) is -0.290. The van der Waals surface area contributed by atoms with E-state index in [2.05, 4.69) is 16.2 Å². The SMILES string of the molecule is CC1(C)O[C@H]2[C@@H](O1)[C@](C#N)(c1ccc3c(N)ncnn13)O[C@@H]2COCc1ccccc1. The predicted molar refractivity (Wildman–Crippen MR) is 109 cm³/mol. The summed E-state index contributed by atoms with van der Waals surface area (Å²) >= 11 is 0. The number of hydrogen-bond acceptors (Lipinski definition) is 8. The number of nitrogens with two attached hydrogens (primary N) is 1. The molecule has 2 aliphatic rings. The van der Waals surface area contributed by atoms with E-state index in [0.717, 1.165) is 5.56 Å². The summed E-state index contributed by atoms with van der Waals surface area (Å²) in [7, 11) is 0. The van der Waals surface area contributed by atoms with Crippen molar-refractivity contribution in [2.45, 2.75) is 50.2 Å². The minimum Gasteiger partial charge on any atom is -0.382 e. The van der Waals surface area contributed by atoms with Gasteiger partial charge in [-0.25, -0.2) is 9.50 Å². The van der Waals surface area contributed by atoms with E-state index in [9.17, 15) is 5.26 Å². The molecule has 0 amide bonds. The number of aromatic nitrogens is 3. The molecule has 0 saturated carbocycles. The minimum atomic E-state index is -1.44. The maximum Gasteiger partial charge on any atom is 0.226 e. The molecule has 0 bridgehead atoms. The van der Waals surface area contributed by atoms with Crippen LogP contribution in [0, 0.1) is 11.3 Å². The second-order valence-corrected chi connectivity index (χ2v) is 8.19. The maximum absolute atomic E-state index is 10.3. The largest absolute Gasteiger partial charge is 0.382 e. The summed E-state index contributed by atoms with van der Waals surface area (Å²) < 4.78 is 26.1. The third-order valence-electron chi connectivity index (χ3n) is 5.66. The van der Waals surface area contributed by atoms with Crippen molar-refractivity contribution in [1.82, 2.24) is 14.6 Å². The molecule has 3 aromatic rings. The molecule has 160 valence electrons. The van der Waals surface area contributed by atoms with Crippen molar-refractivity contribution in [1.29, 1.82) is 5.26 Å². The van der Waals surface area contributed by atoms with Gasteiger partial charge in [0.1, 0.15) is 36.2 Å². The number of benzene rings is 1. The van der Waals surface area contributed by atoms with Crippen LogP contribution in [0.5, 0.6) is 0 Å². The Bertz CT molecular complexity index is 1140. The van der Waals surface area contributed by atoms with Gasteiger partial charge in [0.05, 0.1) is 18.9 Å². The Morgan fingerprint density at radius 1 is 1.16 bits per heavy atom. The number of ether oxygens (including phenoxy) is 4. The van der Waals surface area contributed by atoms with Gasteiger partial charge in [-0.2, -0.15) is 10.4 Å². The fourth-order valence-corrected chi connectivity index (χ4v) is 4.33. The summed E-state index contributed by atoms with van der Waals surface area (Å²) in [5, 5.41) is 14.6. The van der Waals surface area contributed by atoms with Crippen LogP contribution in [0.1, 0.15) is 25.1 Å². The van der Waals surface area contributed by atoms with Crippen molar-refractivity contribution in [3.63, 3.8) is 0 Å². The van der Waals surface area contributed by atoms with Gasteiger partial charge in [-0.05, 0) is 31.5 Å². The van der Waals surface area contributed by atoms with Gasteiger partial charge < -0.3 is 24.7 Å². The third kappa shape index (κ3) is 3.25. The van der Waals surface area contributed by atoms with E-state index in [0.29, 0.717) is 23.6 Å². The lowest BCUT2D eigenvalue weighted by Gasteiger charge is -2.29. The quantitative estimate of drug-likeness (QED) is 0.666. The predicted octanol–water partition coefficient (Wildman–Crippen LogP) is 2.17. The van der Waals surface area contributed by atoms with Gasteiger partial charge in [-0.1, -0.05) is 30.3 Å². The smallest absolute Gasteiger partial charge is 0.226 e. The first-order chi connectivity index (χ1) is 14.9. The van der Waals surface area contributed by atoms with Crippen LogP contribution in [0.2, 0.25) is 0 Å². The molecule has 0 unspecified atom stereocenters. The van der Waals surface area contributed by atoms with Crippen LogP contribution in [0.15, 0.2) is 48.8 Å². The van der Waals surface area contributed by atoms with Crippen molar-refractivity contribution >= 4 is 11.3 Å². The van der Waals surface area contributed by atoms with Crippen LogP contribution < -0.4 is 5.73 Å². The Labute approximate surface area is 179 Å². The first-order valence-corrected chi connectivity index (χ1v) is 10.1. The Hall–Kier alpha value is -3.03. The summed E-state index contributed by atoms with van der Waals surface area (Å²) in [6, 6.07) is 15.7. The molecule has 9 heteroatoms. The molecule has 5 rings (SSSR count). The van der Waals surface area contributed by atoms with E-state index in [-0.39, 0.29) is 6.61 Å². The number of hydrogen-bond donors (Lipinski definition) is 1. The van der Waals surface area contributed by atoms with Crippen LogP contribution in [-0.4, -0.2) is 45.3 Å². The van der Waals surface area contributed by atoms with Crippen LogP contribution in [0.25, 0.3) is 5.52 Å². The molecule has 9 nitrogen and oxygen atoms in total. The van der Waals surface area contributed by atoms with E-state index in [4.69, 9.17) is 24.7 Å². The van der Waals surface area contributed by atoms with Gasteiger partial charge >= 0.3 is 0 Å². The lowest BCUT2D eigenvalue weighted by Crippen LogP contribution is -2.40. The van der Waals surface area contributed by atoms with Crippen LogP contribution in [0.4, 0.5) is 5.82 Å². The second kappa shape index (κ2) is 7.28. The number of rotatable bonds is 5. The summed E-state index contributed by atoms with van der Waals surface area (Å²) in [5.41, 5.74) is 6.70. The molecule has 2 saturated heterocycles. The third-order valence-corrected chi connectivity index (χ3v) is 5.66. The number of anilines is 1. The minimum absolute atomic E-state index is 0.249. The zero-order valence-electron chi connectivity index (χ0n) is 17.3. The van der Waals surface area contributed by atoms with E-state index in [1.54, 1.807) is 16.6 Å². The van der Waals surface area contributed by atoms with Crippen molar-refractivity contribution in [2.24, 2.45) is 0 Å². The normalized spacial score (nSPS) is 29.1. The zero-order chi connectivity index (χ0) is 21.6. The second-order valence-electron chi connectivity index (χ2n) is 8.19. The first kappa shape index (κ1) is 19.9. The highest BCUT2D eigenvalue weighted by atomic mass is 16.8. The van der Waals surface area contributed by atoms with Crippen molar-refractivity contribution in [3.05, 3.63) is 60.0 Å². The van der Waals surface area contributed by atoms with Gasteiger partial charge in [-0.15, -0.1) is 0 Å². The highest BCUT2D eigenvalue weighted by Crippen LogP contribution is 2.49. The van der Waals surface area contributed by atoms with E-state index in [1.807, 2.05) is 44.2 Å². The molecule has 2 aliphatic heterocycles. The highest BCUT2D eigenvalue weighted by molar-refractivity contribution is 5.66. The van der Waals surface area contributed by atoms with Gasteiger partial charge in [0.25, 0.3) is 0 Å². The molecule has 2 N–H and O–H groups in total. The van der Waals surface area contributed by atoms with Crippen LogP contribution in [0.3, 0.4) is 0 Å². The summed E-state index contributed by atoms with van der Waals surface area (Å²) in [5.74, 6) is -0.546. The van der Waals surface area contributed by atoms with E-state index >= 15 is 0 Å². The van der Waals surface area contributed by atoms with Crippen LogP contribution >= 0.6 is 0 Å². The lowest BCUT2D eigenvalue weighted by atomic mass is 9.92. The summed E-state index contributed by atoms with van der Waals surface area (Å²) in [6.45, 7) is 4.33. The number of nitrogens with zero attached hydrogens (tertiary/aromatic N) is 4. The molecular formula is C22H23N5O4. The Morgan fingerprint density at radius 2 is 1.97 bits per heavy atom. The van der Waals surface area contributed by atoms with Crippen molar-refractivity contribution in [3.8, 4) is 6.07 Å². The number of nitriles is 1. The lowest BCUT2D eigenvalue weighted by molar-refractivity contribution is -0.207. The number of fused-ring (bicyclic) bond motifs is 2.